The van der Waals surface area contributed by atoms with Gasteiger partial charge in [-0.2, -0.15) is 0 Å². The molecule has 0 amide bonds. The zero-order valence-electron chi connectivity index (χ0n) is 54.5. The third-order valence-corrected chi connectivity index (χ3v) is 15.6. The van der Waals surface area contributed by atoms with E-state index in [4.69, 9.17) is 14.2 Å². The lowest BCUT2D eigenvalue weighted by Crippen LogP contribution is -2.30. The van der Waals surface area contributed by atoms with Crippen molar-refractivity contribution in [2.24, 2.45) is 0 Å². The van der Waals surface area contributed by atoms with Crippen LogP contribution >= 0.6 is 0 Å². The van der Waals surface area contributed by atoms with Crippen LogP contribution in [0.25, 0.3) is 0 Å². The SMILES string of the molecule is CC/C=C\C/C=C\C/C=C\C/C=C\C/C=C\C/C=C\CCCCCCC(=O)OC(COC(=O)CCCCCCC/C=C\CCCC)COC(=O)CCCCCCCCCCCCCCCCCCCCCCCCCCCCCCCC. The number of unbranched alkanes of at least 4 members (excludes halogenated alkanes) is 40. The molecule has 0 bridgehead atoms. The van der Waals surface area contributed by atoms with Gasteiger partial charge in [-0.05, 0) is 89.9 Å². The minimum absolute atomic E-state index is 0.0870. The maximum absolute atomic E-state index is 12.9. The van der Waals surface area contributed by atoms with E-state index in [0.717, 1.165) is 116 Å². The van der Waals surface area contributed by atoms with Gasteiger partial charge in [0.2, 0.25) is 0 Å². The van der Waals surface area contributed by atoms with E-state index in [-0.39, 0.29) is 31.1 Å². The van der Waals surface area contributed by atoms with E-state index in [9.17, 15) is 14.4 Å². The molecule has 0 heterocycles. The number of carbonyl (C=O) groups excluding carboxylic acids is 3. The molecule has 0 aliphatic carbocycles. The number of rotatable bonds is 65. The molecular formula is C76H134O6. The zero-order chi connectivity index (χ0) is 59.2. The largest absolute Gasteiger partial charge is 0.462 e. The third-order valence-electron chi connectivity index (χ3n) is 15.6. The summed E-state index contributed by atoms with van der Waals surface area (Å²) in [6.07, 6.45) is 93.5. The molecule has 82 heavy (non-hydrogen) atoms. The molecule has 0 aliphatic rings. The minimum atomic E-state index is -0.794. The van der Waals surface area contributed by atoms with Crippen LogP contribution in [0.5, 0.6) is 0 Å². The molecule has 474 valence electrons. The first-order chi connectivity index (χ1) is 40.5. The summed E-state index contributed by atoms with van der Waals surface area (Å²) in [5.74, 6) is -0.907. The molecule has 0 aromatic rings. The highest BCUT2D eigenvalue weighted by Crippen LogP contribution is 2.18. The summed E-state index contributed by atoms with van der Waals surface area (Å²) in [6.45, 7) is 6.51. The fraction of sp³-hybridized carbons (Fsp3) is 0.776. The monoisotopic (exact) mass is 1140 g/mol. The van der Waals surface area contributed by atoms with Crippen molar-refractivity contribution in [1.29, 1.82) is 0 Å². The van der Waals surface area contributed by atoms with Gasteiger partial charge in [-0.15, -0.1) is 0 Å². The van der Waals surface area contributed by atoms with Crippen LogP contribution < -0.4 is 0 Å². The Morgan fingerprint density at radius 2 is 0.488 bits per heavy atom. The van der Waals surface area contributed by atoms with Crippen molar-refractivity contribution in [3.05, 3.63) is 85.1 Å². The lowest BCUT2D eigenvalue weighted by molar-refractivity contribution is -0.167. The quantitative estimate of drug-likeness (QED) is 0.0261. The molecule has 0 saturated carbocycles. The summed E-state index contributed by atoms with van der Waals surface area (Å²) in [5.41, 5.74) is 0. The van der Waals surface area contributed by atoms with Crippen molar-refractivity contribution in [2.75, 3.05) is 13.2 Å². The summed E-state index contributed by atoms with van der Waals surface area (Å²) in [6, 6.07) is 0. The third kappa shape index (κ3) is 67.4. The van der Waals surface area contributed by atoms with Crippen LogP contribution in [0, 0.1) is 0 Å². The summed E-state index contributed by atoms with van der Waals surface area (Å²) in [7, 11) is 0. The molecule has 1 unspecified atom stereocenters. The summed E-state index contributed by atoms with van der Waals surface area (Å²) >= 11 is 0. The highest BCUT2D eigenvalue weighted by molar-refractivity contribution is 5.71. The predicted octanol–water partition coefficient (Wildman–Crippen LogP) is 24.6. The fourth-order valence-electron chi connectivity index (χ4n) is 10.3. The second kappa shape index (κ2) is 70.1. The topological polar surface area (TPSA) is 78.9 Å². The number of hydrogen-bond acceptors (Lipinski definition) is 6. The van der Waals surface area contributed by atoms with Crippen molar-refractivity contribution in [2.45, 2.75) is 367 Å². The second-order valence-electron chi connectivity index (χ2n) is 23.8. The molecule has 0 N–H and O–H groups in total. The highest BCUT2D eigenvalue weighted by Gasteiger charge is 2.19. The molecule has 0 spiro atoms. The van der Waals surface area contributed by atoms with Gasteiger partial charge in [-0.25, -0.2) is 0 Å². The van der Waals surface area contributed by atoms with Gasteiger partial charge in [0.25, 0.3) is 0 Å². The van der Waals surface area contributed by atoms with E-state index in [1.165, 1.54) is 205 Å². The van der Waals surface area contributed by atoms with Gasteiger partial charge in [0.15, 0.2) is 6.10 Å². The van der Waals surface area contributed by atoms with Crippen molar-refractivity contribution < 1.29 is 28.6 Å². The highest BCUT2D eigenvalue weighted by atomic mass is 16.6. The molecule has 6 nitrogen and oxygen atoms in total. The Labute approximate surface area is 509 Å². The summed E-state index contributed by atoms with van der Waals surface area (Å²) < 4.78 is 16.9. The molecular weight excluding hydrogens is 1010 g/mol. The first kappa shape index (κ1) is 78.6. The lowest BCUT2D eigenvalue weighted by atomic mass is 10.0. The number of esters is 3. The smallest absolute Gasteiger partial charge is 0.306 e. The van der Waals surface area contributed by atoms with E-state index < -0.39 is 6.10 Å². The van der Waals surface area contributed by atoms with E-state index in [1.54, 1.807) is 0 Å². The molecule has 6 heteroatoms. The average molecular weight is 1140 g/mol. The molecule has 1 atom stereocenters. The van der Waals surface area contributed by atoms with Gasteiger partial charge in [0.05, 0.1) is 0 Å². The van der Waals surface area contributed by atoms with E-state index in [1.807, 2.05) is 0 Å². The van der Waals surface area contributed by atoms with Gasteiger partial charge < -0.3 is 14.2 Å². The van der Waals surface area contributed by atoms with Crippen LogP contribution in [0.2, 0.25) is 0 Å². The molecule has 0 aromatic carbocycles. The summed E-state index contributed by atoms with van der Waals surface area (Å²) in [4.78, 5) is 38.3. The van der Waals surface area contributed by atoms with E-state index in [0.29, 0.717) is 19.3 Å². The number of carbonyl (C=O) groups is 3. The van der Waals surface area contributed by atoms with Crippen LogP contribution in [-0.2, 0) is 28.6 Å². The Balaban J connectivity index is 4.21. The predicted molar refractivity (Wildman–Crippen MR) is 358 cm³/mol. The van der Waals surface area contributed by atoms with Crippen molar-refractivity contribution in [3.8, 4) is 0 Å². The zero-order valence-corrected chi connectivity index (χ0v) is 54.5. The molecule has 0 aromatic heterocycles. The van der Waals surface area contributed by atoms with Gasteiger partial charge in [-0.3, -0.25) is 14.4 Å². The standard InChI is InChI=1S/C76H134O6/c1-4-7-10-13-16-19-22-24-26-28-30-32-34-35-36-37-38-39-40-42-43-45-47-49-51-54-57-60-63-66-69-75(78)81-72-73(71-80-74(77)68-65-62-59-56-53-21-18-15-12-9-6-3)82-76(79)70-67-64-61-58-55-52-50-48-46-44-41-33-31-29-27-25-23-20-17-14-11-8-5-2/h8,11,15,17-18,20,25,27,31,33,44,46,50,52,73H,4-7,9-10,12-14,16,19,21-24,26,28-30,32,34-43,45,47-49,51,53-72H2,1-3H3/b11-8-,18-15-,20-17-,27-25-,33-31-,46-44-,52-50-. The van der Waals surface area contributed by atoms with Crippen molar-refractivity contribution >= 4 is 17.9 Å². The van der Waals surface area contributed by atoms with Gasteiger partial charge in [0.1, 0.15) is 13.2 Å². The van der Waals surface area contributed by atoms with Crippen LogP contribution in [0.1, 0.15) is 361 Å². The molecule has 0 radical (unpaired) electrons. The van der Waals surface area contributed by atoms with Crippen LogP contribution in [0.3, 0.4) is 0 Å². The summed E-state index contributed by atoms with van der Waals surface area (Å²) in [5, 5.41) is 0. The Kier molecular flexibility index (Phi) is 67.2. The lowest BCUT2D eigenvalue weighted by Gasteiger charge is -2.18. The first-order valence-electron chi connectivity index (χ1n) is 35.6. The number of hydrogen-bond donors (Lipinski definition) is 0. The normalized spacial score (nSPS) is 12.6. The van der Waals surface area contributed by atoms with Gasteiger partial charge >= 0.3 is 17.9 Å². The first-order valence-corrected chi connectivity index (χ1v) is 35.6. The Morgan fingerprint density at radius 1 is 0.256 bits per heavy atom. The Hall–Kier alpha value is -3.41. The van der Waals surface area contributed by atoms with Crippen molar-refractivity contribution in [1.82, 2.24) is 0 Å². The fourth-order valence-corrected chi connectivity index (χ4v) is 10.3. The minimum Gasteiger partial charge on any atom is -0.462 e. The molecule has 0 rings (SSSR count). The maximum atomic E-state index is 12.9. The van der Waals surface area contributed by atoms with Crippen molar-refractivity contribution in [3.63, 3.8) is 0 Å². The Morgan fingerprint density at radius 3 is 0.793 bits per heavy atom. The number of allylic oxidation sites excluding steroid dienone is 14. The maximum Gasteiger partial charge on any atom is 0.306 e. The van der Waals surface area contributed by atoms with E-state index in [2.05, 4.69) is 106 Å². The van der Waals surface area contributed by atoms with Crippen LogP contribution in [0.4, 0.5) is 0 Å². The van der Waals surface area contributed by atoms with E-state index >= 15 is 0 Å². The Bertz CT molecular complexity index is 1550. The molecule has 0 fully saturated rings. The molecule has 0 saturated heterocycles. The molecule has 0 aliphatic heterocycles. The number of ether oxygens (including phenoxy) is 3. The van der Waals surface area contributed by atoms with Gasteiger partial charge in [0, 0.05) is 19.3 Å². The van der Waals surface area contributed by atoms with Crippen LogP contribution in [0.15, 0.2) is 85.1 Å². The average Bonchev–Trinajstić information content (AvgIpc) is 3.48. The second-order valence-corrected chi connectivity index (χ2v) is 23.8. The van der Waals surface area contributed by atoms with Crippen LogP contribution in [-0.4, -0.2) is 37.2 Å². The van der Waals surface area contributed by atoms with Gasteiger partial charge in [-0.1, -0.05) is 337 Å².